The fraction of sp³-hybridized carbons (Fsp3) is 0.176. The van der Waals surface area contributed by atoms with Crippen LogP contribution in [0.1, 0.15) is 26.3 Å². The van der Waals surface area contributed by atoms with Gasteiger partial charge in [0.1, 0.15) is 0 Å². The molecule has 0 heterocycles. The van der Waals surface area contributed by atoms with E-state index in [1.165, 1.54) is 16.7 Å². The molecular weight excluding hydrogens is 204 g/mol. The highest BCUT2D eigenvalue weighted by Gasteiger charge is 1.81. The zero-order valence-electron chi connectivity index (χ0n) is 10.9. The van der Waals surface area contributed by atoms with Crippen LogP contribution in [0.5, 0.6) is 0 Å². The highest BCUT2D eigenvalue weighted by molar-refractivity contribution is 5.51. The Labute approximate surface area is 105 Å². The molecule has 0 unspecified atom stereocenters. The zero-order chi connectivity index (χ0) is 12.5. The lowest BCUT2D eigenvalue weighted by Crippen LogP contribution is -1.69. The van der Waals surface area contributed by atoms with Crippen LogP contribution in [0, 0.1) is 0 Å². The normalized spacial score (nSPS) is 12.3. The monoisotopic (exact) mass is 224 g/mol. The van der Waals surface area contributed by atoms with Crippen molar-refractivity contribution in [2.75, 3.05) is 0 Å². The predicted molar refractivity (Wildman–Crippen MR) is 77.8 cm³/mol. The van der Waals surface area contributed by atoms with Gasteiger partial charge in [0.05, 0.1) is 0 Å². The van der Waals surface area contributed by atoms with Crippen LogP contribution in [0.15, 0.2) is 71.9 Å². The second kappa shape index (κ2) is 7.45. The Morgan fingerprint density at radius 3 is 2.24 bits per heavy atom. The fourth-order valence-electron chi connectivity index (χ4n) is 1.32. The molecule has 0 aliphatic heterocycles. The van der Waals surface area contributed by atoms with E-state index in [2.05, 4.69) is 69.4 Å². The predicted octanol–water partition coefficient (Wildman–Crippen LogP) is 5.17. The van der Waals surface area contributed by atoms with Gasteiger partial charge in [-0.1, -0.05) is 77.9 Å². The summed E-state index contributed by atoms with van der Waals surface area (Å²) in [5.74, 6) is 0. The molecule has 0 saturated carbocycles. The molecule has 0 heteroatoms. The van der Waals surface area contributed by atoms with Crippen LogP contribution >= 0.6 is 0 Å². The van der Waals surface area contributed by atoms with E-state index >= 15 is 0 Å². The molecular formula is C17H20. The van der Waals surface area contributed by atoms with Crippen LogP contribution in [0.25, 0.3) is 6.08 Å². The van der Waals surface area contributed by atoms with Crippen molar-refractivity contribution in [1.29, 1.82) is 0 Å². The second-order valence-electron chi connectivity index (χ2n) is 4.28. The molecule has 17 heavy (non-hydrogen) atoms. The Kier molecular flexibility index (Phi) is 5.81. The zero-order valence-corrected chi connectivity index (χ0v) is 10.9. The molecule has 0 aromatic heterocycles. The van der Waals surface area contributed by atoms with Gasteiger partial charge in [-0.2, -0.15) is 0 Å². The standard InChI is InChI=1S/C17H20/c1-15(2)9-7-10-16(3)11-8-14-17-12-5-4-6-13-17/h4-14H,1-3H3. The van der Waals surface area contributed by atoms with Crippen LogP contribution in [0.2, 0.25) is 0 Å². The maximum absolute atomic E-state index is 2.11. The van der Waals surface area contributed by atoms with Crippen LogP contribution in [-0.2, 0) is 0 Å². The molecule has 0 aliphatic carbocycles. The topological polar surface area (TPSA) is 0 Å². The van der Waals surface area contributed by atoms with E-state index in [9.17, 15) is 0 Å². The van der Waals surface area contributed by atoms with Crippen molar-refractivity contribution in [3.63, 3.8) is 0 Å². The molecule has 0 N–H and O–H groups in total. The summed E-state index contributed by atoms with van der Waals surface area (Å²) in [5, 5.41) is 0. The minimum Gasteiger partial charge on any atom is -0.0764 e. The smallest absolute Gasteiger partial charge is 0.0257 e. The summed E-state index contributed by atoms with van der Waals surface area (Å²) in [4.78, 5) is 0. The molecule has 0 aliphatic rings. The molecule has 1 aromatic rings. The molecule has 88 valence electrons. The largest absolute Gasteiger partial charge is 0.0764 e. The lowest BCUT2D eigenvalue weighted by Gasteiger charge is -1.90. The fourth-order valence-corrected chi connectivity index (χ4v) is 1.32. The first kappa shape index (κ1) is 13.2. The van der Waals surface area contributed by atoms with Crippen LogP contribution in [0.4, 0.5) is 0 Å². The molecule has 0 spiro atoms. The Bertz CT molecular complexity index is 438. The Morgan fingerprint density at radius 2 is 1.59 bits per heavy atom. The summed E-state index contributed by atoms with van der Waals surface area (Å²) in [6.45, 7) is 6.29. The average Bonchev–Trinajstić information content (AvgIpc) is 2.30. The maximum atomic E-state index is 2.11. The lowest BCUT2D eigenvalue weighted by atomic mass is 10.2. The third-order valence-corrected chi connectivity index (χ3v) is 2.24. The SMILES string of the molecule is CC(C)=CC=CC(C)=CC=Cc1ccccc1. The Hall–Kier alpha value is -1.82. The quantitative estimate of drug-likeness (QED) is 0.619. The van der Waals surface area contributed by atoms with Gasteiger partial charge >= 0.3 is 0 Å². The molecule has 0 fully saturated rings. The van der Waals surface area contributed by atoms with E-state index in [1.54, 1.807) is 0 Å². The molecule has 0 atom stereocenters. The highest BCUT2D eigenvalue weighted by Crippen LogP contribution is 2.03. The summed E-state index contributed by atoms with van der Waals surface area (Å²) < 4.78 is 0. The van der Waals surface area contributed by atoms with E-state index in [0.29, 0.717) is 0 Å². The van der Waals surface area contributed by atoms with Crippen molar-refractivity contribution in [2.24, 2.45) is 0 Å². The van der Waals surface area contributed by atoms with Crippen LogP contribution in [-0.4, -0.2) is 0 Å². The van der Waals surface area contributed by atoms with Gasteiger partial charge in [0, 0.05) is 0 Å². The van der Waals surface area contributed by atoms with Crippen molar-refractivity contribution in [3.8, 4) is 0 Å². The summed E-state index contributed by atoms with van der Waals surface area (Å²) in [5.41, 5.74) is 3.79. The maximum Gasteiger partial charge on any atom is -0.0257 e. The van der Waals surface area contributed by atoms with E-state index in [4.69, 9.17) is 0 Å². The van der Waals surface area contributed by atoms with Gasteiger partial charge in [0.2, 0.25) is 0 Å². The van der Waals surface area contributed by atoms with Gasteiger partial charge in [0.25, 0.3) is 0 Å². The first-order valence-corrected chi connectivity index (χ1v) is 5.90. The van der Waals surface area contributed by atoms with Gasteiger partial charge in [0.15, 0.2) is 0 Å². The summed E-state index contributed by atoms with van der Waals surface area (Å²) >= 11 is 0. The first-order chi connectivity index (χ1) is 8.18. The van der Waals surface area contributed by atoms with Gasteiger partial charge in [-0.3, -0.25) is 0 Å². The molecule has 0 nitrogen and oxygen atoms in total. The van der Waals surface area contributed by atoms with Gasteiger partial charge in [-0.15, -0.1) is 0 Å². The molecule has 0 saturated heterocycles. The number of hydrogen-bond acceptors (Lipinski definition) is 0. The van der Waals surface area contributed by atoms with Crippen molar-refractivity contribution >= 4 is 6.08 Å². The van der Waals surface area contributed by atoms with Crippen LogP contribution in [0.3, 0.4) is 0 Å². The average molecular weight is 224 g/mol. The molecule has 1 rings (SSSR count). The van der Waals surface area contributed by atoms with E-state index in [-0.39, 0.29) is 0 Å². The first-order valence-electron chi connectivity index (χ1n) is 5.90. The van der Waals surface area contributed by atoms with E-state index in [0.717, 1.165) is 0 Å². The number of allylic oxidation sites excluding steroid dienone is 7. The second-order valence-corrected chi connectivity index (χ2v) is 4.28. The number of benzene rings is 1. The Morgan fingerprint density at radius 1 is 0.882 bits per heavy atom. The van der Waals surface area contributed by atoms with Crippen molar-refractivity contribution in [2.45, 2.75) is 20.8 Å². The minimum atomic E-state index is 1.23. The summed E-state index contributed by atoms with van der Waals surface area (Å²) in [7, 11) is 0. The Balaban J connectivity index is 2.56. The van der Waals surface area contributed by atoms with E-state index < -0.39 is 0 Å². The van der Waals surface area contributed by atoms with Crippen molar-refractivity contribution in [3.05, 3.63) is 77.4 Å². The van der Waals surface area contributed by atoms with Crippen molar-refractivity contribution in [1.82, 2.24) is 0 Å². The summed E-state index contributed by atoms with van der Waals surface area (Å²) in [6, 6.07) is 10.3. The molecule has 0 radical (unpaired) electrons. The summed E-state index contributed by atoms with van der Waals surface area (Å²) in [6.07, 6.45) is 12.6. The van der Waals surface area contributed by atoms with Gasteiger partial charge < -0.3 is 0 Å². The third-order valence-electron chi connectivity index (χ3n) is 2.24. The van der Waals surface area contributed by atoms with Crippen molar-refractivity contribution < 1.29 is 0 Å². The number of rotatable bonds is 4. The minimum absolute atomic E-state index is 1.23. The van der Waals surface area contributed by atoms with Gasteiger partial charge in [-0.05, 0) is 26.3 Å². The highest BCUT2D eigenvalue weighted by atomic mass is 13.9. The lowest BCUT2D eigenvalue weighted by molar-refractivity contribution is 1.39. The van der Waals surface area contributed by atoms with E-state index in [1.807, 2.05) is 18.2 Å². The third kappa shape index (κ3) is 6.36. The number of hydrogen-bond donors (Lipinski definition) is 0. The molecule has 1 aromatic carbocycles. The van der Waals surface area contributed by atoms with Gasteiger partial charge in [-0.25, -0.2) is 0 Å². The molecule has 0 amide bonds. The van der Waals surface area contributed by atoms with Crippen LogP contribution < -0.4 is 0 Å². The molecule has 0 bridgehead atoms.